The fraction of sp³-hybridized carbons (Fsp3) is 0.941. The van der Waals surface area contributed by atoms with Crippen LogP contribution < -0.4 is 10.6 Å². The summed E-state index contributed by atoms with van der Waals surface area (Å²) in [6, 6.07) is 0.756. The largest absolute Gasteiger partial charge is 0.380 e. The molecule has 0 aromatic rings. The van der Waals surface area contributed by atoms with Crippen molar-refractivity contribution in [3.8, 4) is 0 Å². The number of aliphatic imine (C=N–C) groups is 1. The van der Waals surface area contributed by atoms with Crippen LogP contribution in [0.15, 0.2) is 4.99 Å². The number of hydrogen-bond donors (Lipinski definition) is 2. The maximum absolute atomic E-state index is 5.53. The van der Waals surface area contributed by atoms with Gasteiger partial charge in [0.1, 0.15) is 0 Å². The van der Waals surface area contributed by atoms with Crippen LogP contribution in [0.2, 0.25) is 0 Å². The second-order valence-corrected chi connectivity index (χ2v) is 6.13. The molecule has 0 radical (unpaired) electrons. The van der Waals surface area contributed by atoms with Gasteiger partial charge in [0.25, 0.3) is 0 Å². The van der Waals surface area contributed by atoms with Crippen molar-refractivity contribution < 1.29 is 4.74 Å². The lowest BCUT2D eigenvalue weighted by atomic mass is 10.0. The van der Waals surface area contributed by atoms with Crippen molar-refractivity contribution in [3.05, 3.63) is 0 Å². The Morgan fingerprint density at radius 3 is 2.65 bits per heavy atom. The first-order valence-corrected chi connectivity index (χ1v) is 9.04. The topological polar surface area (TPSA) is 48.9 Å². The van der Waals surface area contributed by atoms with Gasteiger partial charge in [-0.1, -0.05) is 19.8 Å². The zero-order valence-electron chi connectivity index (χ0n) is 15.3. The molecule has 1 atom stereocenters. The predicted molar refractivity (Wildman–Crippen MR) is 110 cm³/mol. The Bertz CT molecular complexity index is 302. The molecule has 1 aliphatic heterocycles. The fourth-order valence-corrected chi connectivity index (χ4v) is 2.79. The van der Waals surface area contributed by atoms with E-state index in [0.29, 0.717) is 0 Å². The van der Waals surface area contributed by atoms with Gasteiger partial charge >= 0.3 is 0 Å². The Kier molecular flexibility index (Phi) is 15.4. The molecule has 0 aromatic carbocycles. The summed E-state index contributed by atoms with van der Waals surface area (Å²) in [7, 11) is 1.82. The van der Waals surface area contributed by atoms with Gasteiger partial charge in [0, 0.05) is 39.3 Å². The number of hydrogen-bond acceptors (Lipinski definition) is 3. The zero-order chi connectivity index (χ0) is 16.0. The van der Waals surface area contributed by atoms with Crippen LogP contribution in [-0.2, 0) is 4.74 Å². The molecular formula is C17H37IN4O. The van der Waals surface area contributed by atoms with E-state index in [1.165, 1.54) is 38.8 Å². The number of rotatable bonds is 10. The highest BCUT2D eigenvalue weighted by molar-refractivity contribution is 14.0. The Hall–Kier alpha value is -0.0800. The molecule has 0 saturated carbocycles. The van der Waals surface area contributed by atoms with Crippen molar-refractivity contribution in [1.82, 2.24) is 15.5 Å². The summed E-state index contributed by atoms with van der Waals surface area (Å²) in [5.74, 6) is 0.880. The number of guanidine groups is 1. The molecule has 0 aliphatic carbocycles. The smallest absolute Gasteiger partial charge is 0.191 e. The highest BCUT2D eigenvalue weighted by atomic mass is 127. The van der Waals surface area contributed by atoms with E-state index in [0.717, 1.165) is 51.1 Å². The van der Waals surface area contributed by atoms with E-state index >= 15 is 0 Å². The van der Waals surface area contributed by atoms with Gasteiger partial charge in [0.15, 0.2) is 5.96 Å². The summed E-state index contributed by atoms with van der Waals surface area (Å²) in [5.41, 5.74) is 0. The number of ether oxygens (including phenoxy) is 1. The summed E-state index contributed by atoms with van der Waals surface area (Å²) in [5, 5.41) is 6.68. The quantitative estimate of drug-likeness (QED) is 0.238. The molecule has 2 N–H and O–H groups in total. The summed E-state index contributed by atoms with van der Waals surface area (Å²) < 4.78 is 5.53. The third kappa shape index (κ3) is 11.2. The Morgan fingerprint density at radius 1 is 1.17 bits per heavy atom. The van der Waals surface area contributed by atoms with Crippen molar-refractivity contribution in [2.24, 2.45) is 4.99 Å². The molecule has 23 heavy (non-hydrogen) atoms. The lowest BCUT2D eigenvalue weighted by molar-refractivity contribution is 0.136. The normalized spacial score (nSPS) is 19.3. The second kappa shape index (κ2) is 15.4. The lowest BCUT2D eigenvalue weighted by Crippen LogP contribution is -2.42. The van der Waals surface area contributed by atoms with E-state index in [4.69, 9.17) is 4.74 Å². The van der Waals surface area contributed by atoms with Crippen LogP contribution in [0.1, 0.15) is 52.4 Å². The Labute approximate surface area is 160 Å². The van der Waals surface area contributed by atoms with Crippen molar-refractivity contribution in [3.63, 3.8) is 0 Å². The Morgan fingerprint density at radius 2 is 1.96 bits per heavy atom. The van der Waals surface area contributed by atoms with E-state index < -0.39 is 0 Å². The van der Waals surface area contributed by atoms with E-state index in [2.05, 4.69) is 34.4 Å². The standard InChI is InChI=1S/C17H36N4O.HI/c1-4-5-14-22-15-11-20-17(18-3)19-10-8-13-21-12-7-6-9-16(21)2;/h16H,4-15H2,1-3H3,(H2,18,19,20);1H. The molecular weight excluding hydrogens is 403 g/mol. The second-order valence-electron chi connectivity index (χ2n) is 6.13. The van der Waals surface area contributed by atoms with Gasteiger partial charge in [0.05, 0.1) is 6.61 Å². The molecule has 6 heteroatoms. The van der Waals surface area contributed by atoms with Crippen LogP contribution in [0.3, 0.4) is 0 Å². The first kappa shape index (κ1) is 22.9. The van der Waals surface area contributed by atoms with Gasteiger partial charge in [0.2, 0.25) is 0 Å². The molecule has 0 bridgehead atoms. The number of piperidine rings is 1. The minimum Gasteiger partial charge on any atom is -0.380 e. The van der Waals surface area contributed by atoms with Gasteiger partial charge in [-0.3, -0.25) is 4.99 Å². The molecule has 138 valence electrons. The molecule has 5 nitrogen and oxygen atoms in total. The maximum atomic E-state index is 5.53. The predicted octanol–water partition coefficient (Wildman–Crippen LogP) is 2.85. The van der Waals surface area contributed by atoms with Gasteiger partial charge in [-0.2, -0.15) is 0 Å². The fourth-order valence-electron chi connectivity index (χ4n) is 2.79. The third-order valence-electron chi connectivity index (χ3n) is 4.26. The van der Waals surface area contributed by atoms with Crippen LogP contribution in [0.4, 0.5) is 0 Å². The highest BCUT2D eigenvalue weighted by Crippen LogP contribution is 2.15. The molecule has 1 unspecified atom stereocenters. The molecule has 0 amide bonds. The molecule has 0 spiro atoms. The van der Waals surface area contributed by atoms with E-state index in [1.807, 2.05) is 7.05 Å². The number of nitrogens with zero attached hydrogens (tertiary/aromatic N) is 2. The van der Waals surface area contributed by atoms with Crippen molar-refractivity contribution >= 4 is 29.9 Å². The first-order chi connectivity index (χ1) is 10.8. The van der Waals surface area contributed by atoms with E-state index in [1.54, 1.807) is 0 Å². The average Bonchev–Trinajstić information content (AvgIpc) is 2.54. The first-order valence-electron chi connectivity index (χ1n) is 9.04. The lowest BCUT2D eigenvalue weighted by Gasteiger charge is -2.33. The average molecular weight is 440 g/mol. The summed E-state index contributed by atoms with van der Waals surface area (Å²) in [6.45, 7) is 10.4. The maximum Gasteiger partial charge on any atom is 0.191 e. The summed E-state index contributed by atoms with van der Waals surface area (Å²) in [6.07, 6.45) is 7.60. The Balaban J connectivity index is 0.00000484. The van der Waals surface area contributed by atoms with Crippen LogP contribution in [-0.4, -0.2) is 63.3 Å². The molecule has 1 fully saturated rings. The van der Waals surface area contributed by atoms with Crippen LogP contribution in [0, 0.1) is 0 Å². The van der Waals surface area contributed by atoms with Crippen molar-refractivity contribution in [1.29, 1.82) is 0 Å². The third-order valence-corrected chi connectivity index (χ3v) is 4.26. The zero-order valence-corrected chi connectivity index (χ0v) is 17.6. The number of halogens is 1. The van der Waals surface area contributed by atoms with Gasteiger partial charge in [-0.15, -0.1) is 24.0 Å². The van der Waals surface area contributed by atoms with Crippen molar-refractivity contribution in [2.45, 2.75) is 58.4 Å². The van der Waals surface area contributed by atoms with E-state index in [-0.39, 0.29) is 24.0 Å². The molecule has 1 rings (SSSR count). The van der Waals surface area contributed by atoms with Crippen LogP contribution in [0.25, 0.3) is 0 Å². The monoisotopic (exact) mass is 440 g/mol. The SMILES string of the molecule is CCCCOCCNC(=NC)NCCCN1CCCCC1C.I. The minimum absolute atomic E-state index is 0. The van der Waals surface area contributed by atoms with Crippen LogP contribution in [0.5, 0.6) is 0 Å². The van der Waals surface area contributed by atoms with Gasteiger partial charge in [-0.05, 0) is 39.2 Å². The van der Waals surface area contributed by atoms with Gasteiger partial charge in [-0.25, -0.2) is 0 Å². The molecule has 1 heterocycles. The van der Waals surface area contributed by atoms with Gasteiger partial charge < -0.3 is 20.3 Å². The molecule has 1 aliphatic rings. The summed E-state index contributed by atoms with van der Waals surface area (Å²) >= 11 is 0. The number of unbranched alkanes of at least 4 members (excludes halogenated alkanes) is 1. The summed E-state index contributed by atoms with van der Waals surface area (Å²) in [4.78, 5) is 6.86. The van der Waals surface area contributed by atoms with E-state index in [9.17, 15) is 0 Å². The molecule has 1 saturated heterocycles. The number of likely N-dealkylation sites (tertiary alicyclic amines) is 1. The minimum atomic E-state index is 0. The highest BCUT2D eigenvalue weighted by Gasteiger charge is 2.16. The van der Waals surface area contributed by atoms with Crippen LogP contribution >= 0.6 is 24.0 Å². The van der Waals surface area contributed by atoms with Crippen molar-refractivity contribution in [2.75, 3.05) is 46.4 Å². The molecule has 0 aromatic heterocycles. The number of nitrogens with one attached hydrogen (secondary N) is 2.